The van der Waals surface area contributed by atoms with E-state index in [1.165, 1.54) is 12.4 Å². The van der Waals surface area contributed by atoms with E-state index in [1.54, 1.807) is 29.9 Å². The lowest BCUT2D eigenvalue weighted by atomic mass is 10.2. The highest BCUT2D eigenvalue weighted by molar-refractivity contribution is 7.89. The molecule has 1 aromatic heterocycles. The Labute approximate surface area is 133 Å². The quantitative estimate of drug-likeness (QED) is 0.768. The van der Waals surface area contributed by atoms with Gasteiger partial charge >= 0.3 is 0 Å². The normalized spacial score (nSPS) is 15.3. The fourth-order valence-corrected chi connectivity index (χ4v) is 3.60. The summed E-state index contributed by atoms with van der Waals surface area (Å²) in [5, 5.41) is 2.68. The van der Waals surface area contributed by atoms with Crippen LogP contribution in [-0.4, -0.2) is 44.1 Å². The zero-order valence-electron chi connectivity index (χ0n) is 12.4. The number of methoxy groups -OCH3 is 1. The Kier molecular flexibility index (Phi) is 4.16. The second-order valence-electron chi connectivity index (χ2n) is 4.95. The number of hydrogen-bond donors (Lipinski definition) is 2. The molecular formula is C14H16N4O4S. The zero-order valence-corrected chi connectivity index (χ0v) is 13.3. The maximum atomic E-state index is 12.3. The van der Waals surface area contributed by atoms with Crippen molar-refractivity contribution in [3.05, 3.63) is 42.0 Å². The molecule has 0 spiro atoms. The SMILES string of the molecule is COCCNC(=O)c1ncn2c1CNS(=O)(=O)c1ccccc1-2. The Bertz CT molecular complexity index is 844. The molecule has 0 unspecified atom stereocenters. The van der Waals surface area contributed by atoms with Gasteiger partial charge in [0.2, 0.25) is 10.0 Å². The number of para-hydroxylation sites is 1. The molecule has 2 heterocycles. The zero-order chi connectivity index (χ0) is 16.4. The highest BCUT2D eigenvalue weighted by atomic mass is 32.2. The largest absolute Gasteiger partial charge is 0.383 e. The molecule has 0 saturated heterocycles. The minimum atomic E-state index is -3.63. The minimum absolute atomic E-state index is 0.00988. The molecule has 0 saturated carbocycles. The molecule has 2 N–H and O–H groups in total. The van der Waals surface area contributed by atoms with Gasteiger partial charge in [0.1, 0.15) is 11.2 Å². The number of amides is 1. The summed E-state index contributed by atoms with van der Waals surface area (Å²) in [4.78, 5) is 16.5. The number of ether oxygens (including phenoxy) is 1. The number of carbonyl (C=O) groups excluding carboxylic acids is 1. The summed E-state index contributed by atoms with van der Waals surface area (Å²) in [5.74, 6) is -0.366. The second-order valence-corrected chi connectivity index (χ2v) is 6.69. The van der Waals surface area contributed by atoms with Crippen LogP contribution in [0.1, 0.15) is 16.2 Å². The van der Waals surface area contributed by atoms with Crippen molar-refractivity contribution < 1.29 is 17.9 Å². The van der Waals surface area contributed by atoms with Crippen LogP contribution in [0.25, 0.3) is 5.69 Å². The van der Waals surface area contributed by atoms with Gasteiger partial charge in [-0.2, -0.15) is 0 Å². The van der Waals surface area contributed by atoms with Crippen LogP contribution >= 0.6 is 0 Å². The number of rotatable bonds is 4. The average molecular weight is 336 g/mol. The molecule has 1 aromatic carbocycles. The van der Waals surface area contributed by atoms with Crippen molar-refractivity contribution in [2.24, 2.45) is 0 Å². The number of nitrogens with one attached hydrogen (secondary N) is 2. The van der Waals surface area contributed by atoms with Crippen molar-refractivity contribution in [3.8, 4) is 5.69 Å². The third kappa shape index (κ3) is 2.85. The van der Waals surface area contributed by atoms with E-state index in [9.17, 15) is 13.2 Å². The number of benzene rings is 1. The van der Waals surface area contributed by atoms with Gasteiger partial charge in [0.15, 0.2) is 5.69 Å². The second kappa shape index (κ2) is 6.11. The summed E-state index contributed by atoms with van der Waals surface area (Å²) in [6, 6.07) is 6.59. The van der Waals surface area contributed by atoms with Gasteiger partial charge < -0.3 is 10.1 Å². The molecule has 0 bridgehead atoms. The van der Waals surface area contributed by atoms with Crippen LogP contribution in [0, 0.1) is 0 Å². The Morgan fingerprint density at radius 1 is 1.43 bits per heavy atom. The summed E-state index contributed by atoms with van der Waals surface area (Å²) >= 11 is 0. The molecule has 1 amide bonds. The Hall–Kier alpha value is -2.23. The van der Waals surface area contributed by atoms with Crippen molar-refractivity contribution in [1.29, 1.82) is 0 Å². The van der Waals surface area contributed by atoms with Crippen molar-refractivity contribution >= 4 is 15.9 Å². The summed E-state index contributed by atoms with van der Waals surface area (Å²) in [5.41, 5.74) is 1.16. The van der Waals surface area contributed by atoms with Gasteiger partial charge in [-0.3, -0.25) is 9.36 Å². The molecule has 1 aliphatic heterocycles. The lowest BCUT2D eigenvalue weighted by molar-refractivity contribution is 0.0931. The molecule has 2 aromatic rings. The average Bonchev–Trinajstić information content (AvgIpc) is 2.92. The lowest BCUT2D eigenvalue weighted by Crippen LogP contribution is -2.29. The molecule has 0 aliphatic carbocycles. The molecule has 23 heavy (non-hydrogen) atoms. The van der Waals surface area contributed by atoms with E-state index >= 15 is 0 Å². The maximum absolute atomic E-state index is 12.3. The van der Waals surface area contributed by atoms with E-state index in [0.29, 0.717) is 24.5 Å². The first kappa shape index (κ1) is 15.7. The first-order valence-electron chi connectivity index (χ1n) is 6.97. The van der Waals surface area contributed by atoms with Gasteiger partial charge in [-0.05, 0) is 12.1 Å². The van der Waals surface area contributed by atoms with Gasteiger partial charge in [0.25, 0.3) is 5.91 Å². The molecule has 1 aliphatic rings. The third-order valence-electron chi connectivity index (χ3n) is 3.52. The van der Waals surface area contributed by atoms with E-state index < -0.39 is 10.0 Å². The monoisotopic (exact) mass is 336 g/mol. The number of fused-ring (bicyclic) bond motifs is 3. The molecule has 0 fully saturated rings. The molecule has 0 atom stereocenters. The number of aromatic nitrogens is 2. The van der Waals surface area contributed by atoms with Gasteiger partial charge in [-0.25, -0.2) is 18.1 Å². The van der Waals surface area contributed by atoms with Crippen molar-refractivity contribution in [3.63, 3.8) is 0 Å². The Morgan fingerprint density at radius 3 is 3.00 bits per heavy atom. The summed E-state index contributed by atoms with van der Waals surface area (Å²) in [6.45, 7) is 0.727. The van der Waals surface area contributed by atoms with E-state index in [2.05, 4.69) is 15.0 Å². The number of carbonyl (C=O) groups is 1. The molecule has 3 rings (SSSR count). The van der Waals surface area contributed by atoms with Gasteiger partial charge in [0.05, 0.1) is 24.5 Å². The molecule has 0 radical (unpaired) electrons. The van der Waals surface area contributed by atoms with Crippen LogP contribution in [-0.2, 0) is 21.3 Å². The maximum Gasteiger partial charge on any atom is 0.271 e. The molecular weight excluding hydrogens is 320 g/mol. The fraction of sp³-hybridized carbons (Fsp3) is 0.286. The number of imidazole rings is 1. The van der Waals surface area contributed by atoms with Crippen LogP contribution in [0.5, 0.6) is 0 Å². The topological polar surface area (TPSA) is 102 Å². The molecule has 8 nitrogen and oxygen atoms in total. The van der Waals surface area contributed by atoms with Gasteiger partial charge in [-0.15, -0.1) is 0 Å². The standard InChI is InChI=1S/C14H16N4O4S/c1-22-7-6-15-14(19)13-11-8-17-23(20,21)12-5-3-2-4-10(12)18(11)9-16-13/h2-5,9,17H,6-8H2,1H3,(H,15,19). The van der Waals surface area contributed by atoms with Crippen LogP contribution in [0.4, 0.5) is 0 Å². The van der Waals surface area contributed by atoms with Gasteiger partial charge in [-0.1, -0.05) is 12.1 Å². The van der Waals surface area contributed by atoms with Crippen LogP contribution in [0.15, 0.2) is 35.5 Å². The highest BCUT2D eigenvalue weighted by Crippen LogP contribution is 2.26. The lowest BCUT2D eigenvalue weighted by Gasteiger charge is -2.07. The number of sulfonamides is 1. The number of nitrogens with zero attached hydrogens (tertiary/aromatic N) is 2. The van der Waals surface area contributed by atoms with Crippen LogP contribution in [0.3, 0.4) is 0 Å². The van der Waals surface area contributed by atoms with Crippen LogP contribution < -0.4 is 10.0 Å². The summed E-state index contributed by atoms with van der Waals surface area (Å²) < 4.78 is 33.6. The van der Waals surface area contributed by atoms with Crippen molar-refractivity contribution in [2.75, 3.05) is 20.3 Å². The summed E-state index contributed by atoms with van der Waals surface area (Å²) in [6.07, 6.45) is 1.46. The number of hydrogen-bond acceptors (Lipinski definition) is 5. The van der Waals surface area contributed by atoms with E-state index in [-0.39, 0.29) is 23.0 Å². The Morgan fingerprint density at radius 2 is 2.22 bits per heavy atom. The first-order valence-corrected chi connectivity index (χ1v) is 8.45. The van der Waals surface area contributed by atoms with E-state index in [0.717, 1.165) is 0 Å². The fourth-order valence-electron chi connectivity index (χ4n) is 2.41. The van der Waals surface area contributed by atoms with E-state index in [4.69, 9.17) is 4.74 Å². The first-order chi connectivity index (χ1) is 11.0. The van der Waals surface area contributed by atoms with Crippen molar-refractivity contribution in [2.45, 2.75) is 11.4 Å². The predicted molar refractivity (Wildman–Crippen MR) is 81.8 cm³/mol. The van der Waals surface area contributed by atoms with Crippen LogP contribution in [0.2, 0.25) is 0 Å². The Balaban J connectivity index is 2.02. The third-order valence-corrected chi connectivity index (χ3v) is 4.97. The van der Waals surface area contributed by atoms with Crippen molar-refractivity contribution in [1.82, 2.24) is 19.6 Å². The van der Waals surface area contributed by atoms with E-state index in [1.807, 2.05) is 0 Å². The smallest absolute Gasteiger partial charge is 0.271 e. The van der Waals surface area contributed by atoms with Gasteiger partial charge in [0, 0.05) is 13.7 Å². The summed E-state index contributed by atoms with van der Waals surface area (Å²) in [7, 11) is -2.09. The molecule has 122 valence electrons. The minimum Gasteiger partial charge on any atom is -0.383 e. The molecule has 9 heteroatoms. The highest BCUT2D eigenvalue weighted by Gasteiger charge is 2.28. The predicted octanol–water partition coefficient (Wildman–Crippen LogP) is 0.0404.